The Kier molecular flexibility index (Phi) is 7.35. The zero-order valence-electron chi connectivity index (χ0n) is 17.6. The summed E-state index contributed by atoms with van der Waals surface area (Å²) in [6.07, 6.45) is 0. The van der Waals surface area contributed by atoms with E-state index in [9.17, 15) is 4.79 Å². The summed E-state index contributed by atoms with van der Waals surface area (Å²) in [4.78, 5) is 12.2. The van der Waals surface area contributed by atoms with E-state index < -0.39 is 0 Å². The van der Waals surface area contributed by atoms with Crippen LogP contribution in [0.5, 0.6) is 11.5 Å². The van der Waals surface area contributed by atoms with Crippen LogP contribution in [-0.4, -0.2) is 33.0 Å². The van der Waals surface area contributed by atoms with Crippen LogP contribution >= 0.6 is 11.8 Å². The molecule has 0 aliphatic heterocycles. The SMILES string of the molecule is CCOc1ccc(NC(=O)CSc2nnc(COc3ccc(C)c(C)c3)n2C)cc1. The van der Waals surface area contributed by atoms with Crippen LogP contribution in [0.25, 0.3) is 0 Å². The van der Waals surface area contributed by atoms with Crippen molar-refractivity contribution in [3.63, 3.8) is 0 Å². The lowest BCUT2D eigenvalue weighted by Crippen LogP contribution is -2.14. The second kappa shape index (κ2) is 10.2. The Morgan fingerprint density at radius 3 is 2.47 bits per heavy atom. The van der Waals surface area contributed by atoms with Crippen LogP contribution in [0.15, 0.2) is 47.6 Å². The summed E-state index contributed by atoms with van der Waals surface area (Å²) in [6, 6.07) is 13.3. The van der Waals surface area contributed by atoms with E-state index in [-0.39, 0.29) is 11.7 Å². The zero-order valence-corrected chi connectivity index (χ0v) is 18.5. The smallest absolute Gasteiger partial charge is 0.234 e. The molecule has 0 unspecified atom stereocenters. The topological polar surface area (TPSA) is 78.3 Å². The maximum Gasteiger partial charge on any atom is 0.234 e. The first-order valence-corrected chi connectivity index (χ1v) is 10.7. The number of hydrogen-bond donors (Lipinski definition) is 1. The first kappa shape index (κ1) is 21.7. The number of ether oxygens (including phenoxy) is 2. The van der Waals surface area contributed by atoms with Crippen LogP contribution < -0.4 is 14.8 Å². The Hall–Kier alpha value is -3.00. The molecule has 0 radical (unpaired) electrons. The lowest BCUT2D eigenvalue weighted by molar-refractivity contribution is -0.113. The number of rotatable bonds is 9. The maximum absolute atomic E-state index is 12.2. The minimum absolute atomic E-state index is 0.111. The van der Waals surface area contributed by atoms with Crippen LogP contribution in [0, 0.1) is 13.8 Å². The van der Waals surface area contributed by atoms with Crippen molar-refractivity contribution in [1.29, 1.82) is 0 Å². The number of thioether (sulfide) groups is 1. The van der Waals surface area contributed by atoms with Crippen molar-refractivity contribution >= 4 is 23.4 Å². The van der Waals surface area contributed by atoms with E-state index >= 15 is 0 Å². The molecule has 3 rings (SSSR count). The highest BCUT2D eigenvalue weighted by atomic mass is 32.2. The van der Waals surface area contributed by atoms with Gasteiger partial charge in [0.2, 0.25) is 5.91 Å². The van der Waals surface area contributed by atoms with Crippen molar-refractivity contribution < 1.29 is 14.3 Å². The molecule has 0 spiro atoms. The number of hydrogen-bond acceptors (Lipinski definition) is 6. The number of amides is 1. The van der Waals surface area contributed by atoms with Gasteiger partial charge in [-0.1, -0.05) is 17.8 Å². The number of benzene rings is 2. The Morgan fingerprint density at radius 1 is 1.03 bits per heavy atom. The van der Waals surface area contributed by atoms with Crippen molar-refractivity contribution in [2.75, 3.05) is 17.7 Å². The molecule has 158 valence electrons. The predicted molar refractivity (Wildman–Crippen MR) is 118 cm³/mol. The molecule has 1 heterocycles. The van der Waals surface area contributed by atoms with E-state index in [0.29, 0.717) is 24.2 Å². The largest absolute Gasteiger partial charge is 0.494 e. The molecule has 7 nitrogen and oxygen atoms in total. The Bertz CT molecular complexity index is 1000. The minimum atomic E-state index is -0.111. The van der Waals surface area contributed by atoms with Crippen molar-refractivity contribution in [3.05, 3.63) is 59.4 Å². The van der Waals surface area contributed by atoms with Gasteiger partial charge >= 0.3 is 0 Å². The standard InChI is InChI=1S/C22H26N4O3S/c1-5-28-18-10-7-17(8-11-18)23-21(27)14-30-22-25-24-20(26(22)4)13-29-19-9-6-15(2)16(3)12-19/h6-12H,5,13-14H2,1-4H3,(H,23,27). The van der Waals surface area contributed by atoms with Crippen molar-refractivity contribution in [2.45, 2.75) is 32.5 Å². The van der Waals surface area contributed by atoms with Crippen molar-refractivity contribution in [2.24, 2.45) is 7.05 Å². The van der Waals surface area contributed by atoms with E-state index in [1.165, 1.54) is 22.9 Å². The first-order chi connectivity index (χ1) is 14.5. The van der Waals surface area contributed by atoms with Gasteiger partial charge < -0.3 is 19.4 Å². The highest BCUT2D eigenvalue weighted by Gasteiger charge is 2.12. The van der Waals surface area contributed by atoms with Gasteiger partial charge in [0, 0.05) is 12.7 Å². The molecule has 1 amide bonds. The van der Waals surface area contributed by atoms with E-state index in [1.807, 2.05) is 61.0 Å². The van der Waals surface area contributed by atoms with Crippen molar-refractivity contribution in [1.82, 2.24) is 14.8 Å². The summed E-state index contributed by atoms with van der Waals surface area (Å²) in [5.41, 5.74) is 3.13. The normalized spacial score (nSPS) is 10.7. The quantitative estimate of drug-likeness (QED) is 0.518. The molecule has 0 saturated carbocycles. The Balaban J connectivity index is 1.50. The van der Waals surface area contributed by atoms with Gasteiger partial charge in [-0.3, -0.25) is 4.79 Å². The molecule has 30 heavy (non-hydrogen) atoms. The highest BCUT2D eigenvalue weighted by molar-refractivity contribution is 7.99. The molecule has 2 aromatic carbocycles. The number of aryl methyl sites for hydroxylation is 2. The Labute approximate surface area is 180 Å². The molecule has 0 fully saturated rings. The minimum Gasteiger partial charge on any atom is -0.494 e. The lowest BCUT2D eigenvalue weighted by Gasteiger charge is -2.09. The second-order valence-corrected chi connectivity index (χ2v) is 7.73. The van der Waals surface area contributed by atoms with Gasteiger partial charge in [0.05, 0.1) is 12.4 Å². The number of anilines is 1. The number of nitrogens with zero attached hydrogens (tertiary/aromatic N) is 3. The molecular weight excluding hydrogens is 400 g/mol. The summed E-state index contributed by atoms with van der Waals surface area (Å²) in [5.74, 6) is 2.39. The lowest BCUT2D eigenvalue weighted by atomic mass is 10.1. The van der Waals surface area contributed by atoms with Gasteiger partial charge in [0.25, 0.3) is 0 Å². The van der Waals surface area contributed by atoms with E-state index in [0.717, 1.165) is 17.2 Å². The maximum atomic E-state index is 12.2. The summed E-state index contributed by atoms with van der Waals surface area (Å²) in [6.45, 7) is 6.97. The summed E-state index contributed by atoms with van der Waals surface area (Å²) < 4.78 is 13.1. The fourth-order valence-corrected chi connectivity index (χ4v) is 3.41. The molecule has 3 aromatic rings. The molecule has 0 atom stereocenters. The van der Waals surface area contributed by atoms with E-state index in [4.69, 9.17) is 9.47 Å². The van der Waals surface area contributed by atoms with Crippen LogP contribution in [0.2, 0.25) is 0 Å². The summed E-state index contributed by atoms with van der Waals surface area (Å²) in [5, 5.41) is 11.9. The summed E-state index contributed by atoms with van der Waals surface area (Å²) >= 11 is 1.33. The third-order valence-corrected chi connectivity index (χ3v) is 5.57. The molecule has 8 heteroatoms. The molecular formula is C22H26N4O3S. The van der Waals surface area contributed by atoms with Gasteiger partial charge in [-0.25, -0.2) is 0 Å². The van der Waals surface area contributed by atoms with Gasteiger partial charge in [-0.05, 0) is 68.3 Å². The number of nitrogens with one attached hydrogen (secondary N) is 1. The third kappa shape index (κ3) is 5.76. The molecule has 0 saturated heterocycles. The van der Waals surface area contributed by atoms with E-state index in [1.54, 1.807) is 0 Å². The number of aromatic nitrogens is 3. The molecule has 0 bridgehead atoms. The molecule has 0 aliphatic carbocycles. The van der Waals surface area contributed by atoms with Crippen molar-refractivity contribution in [3.8, 4) is 11.5 Å². The first-order valence-electron chi connectivity index (χ1n) is 9.70. The summed E-state index contributed by atoms with van der Waals surface area (Å²) in [7, 11) is 1.87. The fourth-order valence-electron chi connectivity index (χ4n) is 2.68. The Morgan fingerprint density at radius 2 is 1.77 bits per heavy atom. The molecule has 1 aromatic heterocycles. The van der Waals surface area contributed by atoms with Crippen LogP contribution in [0.3, 0.4) is 0 Å². The second-order valence-electron chi connectivity index (χ2n) is 6.79. The third-order valence-electron chi connectivity index (χ3n) is 4.55. The molecule has 1 N–H and O–H groups in total. The van der Waals surface area contributed by atoms with Gasteiger partial charge in [-0.2, -0.15) is 0 Å². The fraction of sp³-hybridized carbons (Fsp3) is 0.318. The average Bonchev–Trinajstić information content (AvgIpc) is 3.08. The zero-order chi connectivity index (χ0) is 21.5. The van der Waals surface area contributed by atoms with Crippen LogP contribution in [0.1, 0.15) is 23.9 Å². The highest BCUT2D eigenvalue weighted by Crippen LogP contribution is 2.20. The van der Waals surface area contributed by atoms with Crippen LogP contribution in [0.4, 0.5) is 5.69 Å². The number of carbonyl (C=O) groups is 1. The van der Waals surface area contributed by atoms with Gasteiger partial charge in [0.1, 0.15) is 18.1 Å². The average molecular weight is 427 g/mol. The number of carbonyl (C=O) groups excluding carboxylic acids is 1. The molecule has 0 aliphatic rings. The monoisotopic (exact) mass is 426 g/mol. The van der Waals surface area contributed by atoms with Gasteiger partial charge in [-0.15, -0.1) is 10.2 Å². The predicted octanol–water partition coefficient (Wildman–Crippen LogP) is 4.14. The van der Waals surface area contributed by atoms with E-state index in [2.05, 4.69) is 29.4 Å². The van der Waals surface area contributed by atoms with Gasteiger partial charge in [0.15, 0.2) is 11.0 Å². The van der Waals surface area contributed by atoms with Crippen LogP contribution in [-0.2, 0) is 18.4 Å².